The molecule has 2 aromatic rings. The van der Waals surface area contributed by atoms with Crippen LogP contribution >= 0.6 is 11.3 Å². The summed E-state index contributed by atoms with van der Waals surface area (Å²) in [4.78, 5) is 0. The second-order valence-electron chi connectivity index (χ2n) is 6.00. The summed E-state index contributed by atoms with van der Waals surface area (Å²) in [6.07, 6.45) is 0. The van der Waals surface area contributed by atoms with E-state index in [1.807, 2.05) is 32.0 Å². The van der Waals surface area contributed by atoms with Crippen LogP contribution < -0.4 is 14.2 Å². The van der Waals surface area contributed by atoms with Crippen LogP contribution in [0.25, 0.3) is 0 Å². The summed E-state index contributed by atoms with van der Waals surface area (Å²) in [5, 5.41) is 1.75. The lowest BCUT2D eigenvalue weighted by atomic mass is 9.84. The molecule has 5 nitrogen and oxygen atoms in total. The van der Waals surface area contributed by atoms with E-state index < -0.39 is 10.0 Å². The Bertz CT molecular complexity index is 782. The number of sulfonamides is 1. The van der Waals surface area contributed by atoms with Crippen LogP contribution in [-0.4, -0.2) is 28.2 Å². The highest BCUT2D eigenvalue weighted by Crippen LogP contribution is 2.35. The van der Waals surface area contributed by atoms with E-state index in [9.17, 15) is 8.42 Å². The van der Waals surface area contributed by atoms with Gasteiger partial charge in [0.1, 0.15) is 17.4 Å². The zero-order chi connectivity index (χ0) is 16.5. The molecule has 0 saturated carbocycles. The quantitative estimate of drug-likeness (QED) is 0.898. The third-order valence-electron chi connectivity index (χ3n) is 3.79. The van der Waals surface area contributed by atoms with Crippen LogP contribution in [-0.2, 0) is 15.4 Å². The van der Waals surface area contributed by atoms with Gasteiger partial charge in [-0.2, -0.15) is 0 Å². The van der Waals surface area contributed by atoms with E-state index in [1.165, 1.54) is 11.3 Å². The van der Waals surface area contributed by atoms with Gasteiger partial charge in [-0.3, -0.25) is 0 Å². The average Bonchev–Trinajstić information content (AvgIpc) is 3.08. The number of ether oxygens (including phenoxy) is 2. The minimum Gasteiger partial charge on any atom is -0.486 e. The molecule has 0 saturated heterocycles. The lowest BCUT2D eigenvalue weighted by molar-refractivity contribution is 0.171. The Morgan fingerprint density at radius 3 is 2.61 bits per heavy atom. The molecule has 3 rings (SSSR count). The minimum atomic E-state index is -3.46. The van der Waals surface area contributed by atoms with Crippen LogP contribution in [0.5, 0.6) is 11.5 Å². The SMILES string of the molecule is CC(C)(CNS(=O)(=O)c1cccs1)c1ccc2c(c1)OCCO2. The van der Waals surface area contributed by atoms with Crippen LogP contribution in [0.1, 0.15) is 19.4 Å². The Morgan fingerprint density at radius 1 is 1.17 bits per heavy atom. The van der Waals surface area contributed by atoms with Crippen LogP contribution in [0, 0.1) is 0 Å². The third kappa shape index (κ3) is 3.52. The second kappa shape index (κ2) is 6.14. The Hall–Kier alpha value is -1.57. The molecule has 0 aliphatic carbocycles. The molecule has 0 unspecified atom stereocenters. The first-order chi connectivity index (χ1) is 10.9. The highest BCUT2D eigenvalue weighted by molar-refractivity contribution is 7.91. The summed E-state index contributed by atoms with van der Waals surface area (Å²) in [6, 6.07) is 9.08. The zero-order valence-electron chi connectivity index (χ0n) is 13.0. The van der Waals surface area contributed by atoms with Crippen molar-refractivity contribution in [3.8, 4) is 11.5 Å². The van der Waals surface area contributed by atoms with E-state index in [1.54, 1.807) is 17.5 Å². The van der Waals surface area contributed by atoms with Crippen LogP contribution in [0.2, 0.25) is 0 Å². The number of nitrogens with one attached hydrogen (secondary N) is 1. The van der Waals surface area contributed by atoms with Crippen molar-refractivity contribution in [3.63, 3.8) is 0 Å². The molecule has 1 N–H and O–H groups in total. The molecule has 124 valence electrons. The number of hydrogen-bond acceptors (Lipinski definition) is 5. The minimum absolute atomic E-state index is 0.298. The smallest absolute Gasteiger partial charge is 0.250 e. The monoisotopic (exact) mass is 353 g/mol. The average molecular weight is 353 g/mol. The first kappa shape index (κ1) is 16.3. The molecule has 1 aliphatic rings. The lowest BCUT2D eigenvalue weighted by Gasteiger charge is -2.27. The first-order valence-corrected chi connectivity index (χ1v) is 9.68. The maximum Gasteiger partial charge on any atom is 0.250 e. The Kier molecular flexibility index (Phi) is 4.35. The summed E-state index contributed by atoms with van der Waals surface area (Å²) in [5.74, 6) is 1.44. The fourth-order valence-electron chi connectivity index (χ4n) is 2.33. The van der Waals surface area contributed by atoms with Crippen molar-refractivity contribution >= 4 is 21.4 Å². The maximum atomic E-state index is 12.3. The maximum absolute atomic E-state index is 12.3. The van der Waals surface area contributed by atoms with Crippen LogP contribution in [0.3, 0.4) is 0 Å². The molecular weight excluding hydrogens is 334 g/mol. The van der Waals surface area contributed by atoms with Gasteiger partial charge >= 0.3 is 0 Å². The Labute approximate surface area is 140 Å². The first-order valence-electron chi connectivity index (χ1n) is 7.32. The molecule has 7 heteroatoms. The summed E-state index contributed by atoms with van der Waals surface area (Å²) in [5.41, 5.74) is 0.621. The van der Waals surface area contributed by atoms with Gasteiger partial charge in [0.2, 0.25) is 10.0 Å². The van der Waals surface area contributed by atoms with E-state index in [0.717, 1.165) is 11.3 Å². The lowest BCUT2D eigenvalue weighted by Crippen LogP contribution is -2.36. The molecule has 1 aliphatic heterocycles. The van der Waals surface area contributed by atoms with E-state index in [2.05, 4.69) is 4.72 Å². The number of fused-ring (bicyclic) bond motifs is 1. The van der Waals surface area contributed by atoms with Crippen molar-refractivity contribution in [2.75, 3.05) is 19.8 Å². The van der Waals surface area contributed by atoms with Gasteiger partial charge in [0.25, 0.3) is 0 Å². The standard InChI is InChI=1S/C16H19NO4S2/c1-16(2,11-17-23(18,19)15-4-3-9-22-15)12-5-6-13-14(10-12)21-8-7-20-13/h3-6,9-10,17H,7-8,11H2,1-2H3. The van der Waals surface area contributed by atoms with E-state index in [4.69, 9.17) is 9.47 Å². The number of hydrogen-bond donors (Lipinski definition) is 1. The zero-order valence-corrected chi connectivity index (χ0v) is 14.7. The van der Waals surface area contributed by atoms with Gasteiger partial charge in [-0.05, 0) is 29.1 Å². The fraction of sp³-hybridized carbons (Fsp3) is 0.375. The van der Waals surface area contributed by atoms with Crippen molar-refractivity contribution in [3.05, 3.63) is 41.3 Å². The molecule has 23 heavy (non-hydrogen) atoms. The molecule has 0 atom stereocenters. The van der Waals surface area contributed by atoms with Gasteiger partial charge in [0, 0.05) is 12.0 Å². The number of benzene rings is 1. The van der Waals surface area contributed by atoms with Gasteiger partial charge in [-0.25, -0.2) is 13.1 Å². The number of rotatable bonds is 5. The van der Waals surface area contributed by atoms with Gasteiger partial charge in [0.15, 0.2) is 11.5 Å². The Balaban J connectivity index is 1.76. The van der Waals surface area contributed by atoms with Crippen molar-refractivity contribution < 1.29 is 17.9 Å². The fourth-order valence-corrected chi connectivity index (χ4v) is 4.58. The highest BCUT2D eigenvalue weighted by atomic mass is 32.2. The van der Waals surface area contributed by atoms with E-state index >= 15 is 0 Å². The molecule has 0 radical (unpaired) electrons. The summed E-state index contributed by atoms with van der Waals surface area (Å²) >= 11 is 1.21. The number of thiophene rings is 1. The molecular formula is C16H19NO4S2. The largest absolute Gasteiger partial charge is 0.486 e. The third-order valence-corrected chi connectivity index (χ3v) is 6.59. The molecule has 1 aromatic heterocycles. The van der Waals surface area contributed by atoms with Gasteiger partial charge in [-0.15, -0.1) is 11.3 Å². The summed E-state index contributed by atoms with van der Waals surface area (Å²) in [6.45, 7) is 5.37. The van der Waals surface area contributed by atoms with Gasteiger partial charge in [-0.1, -0.05) is 26.0 Å². The van der Waals surface area contributed by atoms with Crippen molar-refractivity contribution in [2.45, 2.75) is 23.5 Å². The van der Waals surface area contributed by atoms with E-state index in [0.29, 0.717) is 29.7 Å². The predicted molar refractivity (Wildman–Crippen MR) is 90.0 cm³/mol. The summed E-state index contributed by atoms with van der Waals surface area (Å²) < 4.78 is 38.7. The molecule has 0 bridgehead atoms. The predicted octanol–water partition coefficient (Wildman–Crippen LogP) is 2.78. The van der Waals surface area contributed by atoms with Crippen molar-refractivity contribution in [2.24, 2.45) is 0 Å². The Morgan fingerprint density at radius 2 is 1.91 bits per heavy atom. The van der Waals surface area contributed by atoms with E-state index in [-0.39, 0.29) is 5.41 Å². The van der Waals surface area contributed by atoms with Crippen LogP contribution in [0.4, 0.5) is 0 Å². The topological polar surface area (TPSA) is 64.6 Å². The van der Waals surface area contributed by atoms with Gasteiger partial charge in [0.05, 0.1) is 0 Å². The molecule has 0 amide bonds. The van der Waals surface area contributed by atoms with Crippen LogP contribution in [0.15, 0.2) is 39.9 Å². The van der Waals surface area contributed by atoms with Gasteiger partial charge < -0.3 is 9.47 Å². The van der Waals surface area contributed by atoms with Crippen molar-refractivity contribution in [1.82, 2.24) is 4.72 Å². The van der Waals surface area contributed by atoms with Crippen molar-refractivity contribution in [1.29, 1.82) is 0 Å². The normalized spacial score (nSPS) is 14.7. The highest BCUT2D eigenvalue weighted by Gasteiger charge is 2.26. The molecule has 0 fully saturated rings. The molecule has 1 aromatic carbocycles. The molecule has 2 heterocycles. The summed E-state index contributed by atoms with van der Waals surface area (Å²) in [7, 11) is -3.46. The molecule has 0 spiro atoms. The second-order valence-corrected chi connectivity index (χ2v) is 8.94.